The second-order valence-electron chi connectivity index (χ2n) is 11.3. The van der Waals surface area contributed by atoms with Gasteiger partial charge in [0.25, 0.3) is 5.91 Å². The third-order valence-electron chi connectivity index (χ3n) is 8.74. The molecule has 1 N–H and O–H groups in total. The molecule has 3 aromatic rings. The largest absolute Gasteiger partial charge is 0.346 e. The summed E-state index contributed by atoms with van der Waals surface area (Å²) >= 11 is 1.79. The molecule has 0 radical (unpaired) electrons. The van der Waals surface area contributed by atoms with Gasteiger partial charge in [-0.1, -0.05) is 0 Å². The summed E-state index contributed by atoms with van der Waals surface area (Å²) in [6.07, 6.45) is 7.97. The summed E-state index contributed by atoms with van der Waals surface area (Å²) in [4.78, 5) is 34.1. The van der Waals surface area contributed by atoms with Gasteiger partial charge in [-0.05, 0) is 80.5 Å². The van der Waals surface area contributed by atoms with E-state index in [0.29, 0.717) is 23.6 Å². The van der Waals surface area contributed by atoms with E-state index in [1.165, 1.54) is 42.2 Å². The molecule has 192 valence electrons. The third kappa shape index (κ3) is 3.93. The number of hydrogen-bond donors (Lipinski definition) is 1. The fourth-order valence-corrected chi connectivity index (χ4v) is 8.52. The summed E-state index contributed by atoms with van der Waals surface area (Å²) in [6, 6.07) is 6.73. The van der Waals surface area contributed by atoms with Crippen LogP contribution < -0.4 is 15.6 Å². The first kappa shape index (κ1) is 23.2. The molecule has 8 rings (SSSR count). The van der Waals surface area contributed by atoms with Crippen LogP contribution in [0.15, 0.2) is 41.3 Å². The number of hydrogen-bond acceptors (Lipinski definition) is 5. The lowest BCUT2D eigenvalue weighted by Crippen LogP contribution is -2.60. The van der Waals surface area contributed by atoms with Crippen LogP contribution in [-0.4, -0.2) is 39.2 Å². The van der Waals surface area contributed by atoms with E-state index in [-0.39, 0.29) is 27.8 Å². The molecule has 37 heavy (non-hydrogen) atoms. The van der Waals surface area contributed by atoms with Gasteiger partial charge in [-0.2, -0.15) is 0 Å². The van der Waals surface area contributed by atoms with E-state index in [1.54, 1.807) is 23.9 Å². The Morgan fingerprint density at radius 3 is 2.43 bits per heavy atom. The van der Waals surface area contributed by atoms with Gasteiger partial charge in [0.05, 0.1) is 17.0 Å². The van der Waals surface area contributed by atoms with Crippen molar-refractivity contribution in [3.63, 3.8) is 0 Å². The Balaban J connectivity index is 1.34. The van der Waals surface area contributed by atoms with E-state index in [1.807, 2.05) is 0 Å². The highest BCUT2D eigenvalue weighted by atomic mass is 32.2. The molecule has 5 fully saturated rings. The second kappa shape index (κ2) is 8.55. The molecular formula is C28H28F2N4O2S. The molecule has 0 unspecified atom stereocenters. The van der Waals surface area contributed by atoms with Crippen LogP contribution in [0.3, 0.4) is 0 Å². The van der Waals surface area contributed by atoms with Gasteiger partial charge in [-0.25, -0.2) is 13.8 Å². The number of fused-ring (bicyclic) bond motifs is 1. The molecule has 0 spiro atoms. The lowest BCUT2D eigenvalue weighted by Gasteiger charge is -2.56. The number of carbonyl (C=O) groups excluding carboxylic acids is 1. The number of carbonyl (C=O) groups is 1. The Kier molecular flexibility index (Phi) is 5.36. The van der Waals surface area contributed by atoms with Crippen LogP contribution in [0.25, 0.3) is 16.7 Å². The minimum atomic E-state index is -0.790. The summed E-state index contributed by atoms with van der Waals surface area (Å²) in [5.41, 5.74) is -0.453. The minimum absolute atomic E-state index is 0.0377. The van der Waals surface area contributed by atoms with Gasteiger partial charge >= 0.3 is 0 Å². The summed E-state index contributed by atoms with van der Waals surface area (Å²) in [7, 11) is 0. The van der Waals surface area contributed by atoms with Gasteiger partial charge < -0.3 is 10.2 Å². The fourth-order valence-electron chi connectivity index (χ4n) is 7.56. The van der Waals surface area contributed by atoms with Crippen LogP contribution in [-0.2, 0) is 0 Å². The maximum Gasteiger partial charge on any atom is 0.257 e. The van der Waals surface area contributed by atoms with Crippen molar-refractivity contribution in [3.05, 3.63) is 63.9 Å². The van der Waals surface area contributed by atoms with Crippen molar-refractivity contribution in [1.82, 2.24) is 14.9 Å². The Morgan fingerprint density at radius 1 is 1.05 bits per heavy atom. The van der Waals surface area contributed by atoms with E-state index in [0.717, 1.165) is 43.5 Å². The molecule has 1 aromatic carbocycles. The summed E-state index contributed by atoms with van der Waals surface area (Å²) in [5, 5.41) is 3.50. The first-order chi connectivity index (χ1) is 17.9. The first-order valence-electron chi connectivity index (χ1n) is 13.0. The Bertz CT molecular complexity index is 1450. The minimum Gasteiger partial charge on any atom is -0.346 e. The molecule has 1 saturated heterocycles. The maximum atomic E-state index is 15.0. The number of rotatable bonds is 4. The molecule has 0 atom stereocenters. The highest BCUT2D eigenvalue weighted by Gasteiger charge is 2.51. The maximum absolute atomic E-state index is 15.0. The Hall–Kier alpha value is -2.94. The predicted molar refractivity (Wildman–Crippen MR) is 140 cm³/mol. The highest BCUT2D eigenvalue weighted by Crippen LogP contribution is 2.55. The fraction of sp³-hybridized carbons (Fsp3) is 0.464. The van der Waals surface area contributed by atoms with Crippen molar-refractivity contribution in [2.75, 3.05) is 23.1 Å². The number of aromatic nitrogens is 2. The smallest absolute Gasteiger partial charge is 0.257 e. The molecule has 5 aliphatic rings. The molecule has 4 saturated carbocycles. The van der Waals surface area contributed by atoms with Crippen LogP contribution in [0.4, 0.5) is 14.6 Å². The van der Waals surface area contributed by atoms with E-state index in [2.05, 4.69) is 10.2 Å². The monoisotopic (exact) mass is 522 g/mol. The van der Waals surface area contributed by atoms with Gasteiger partial charge in [-0.3, -0.25) is 14.2 Å². The number of pyridine rings is 2. The van der Waals surface area contributed by atoms with Crippen LogP contribution in [0.1, 0.15) is 48.9 Å². The number of amides is 1. The summed E-state index contributed by atoms with van der Waals surface area (Å²) in [6.45, 7) is 0.823. The topological polar surface area (TPSA) is 67.2 Å². The van der Waals surface area contributed by atoms with Crippen molar-refractivity contribution >= 4 is 34.5 Å². The first-order valence-corrected chi connectivity index (χ1v) is 14.2. The Morgan fingerprint density at radius 2 is 1.78 bits per heavy atom. The molecule has 9 heteroatoms. The molecule has 6 nitrogen and oxygen atoms in total. The summed E-state index contributed by atoms with van der Waals surface area (Å²) < 4.78 is 30.2. The Labute approximate surface area is 217 Å². The average molecular weight is 523 g/mol. The quantitative estimate of drug-likeness (QED) is 0.530. The van der Waals surface area contributed by atoms with Crippen molar-refractivity contribution in [1.29, 1.82) is 0 Å². The number of halogens is 2. The van der Waals surface area contributed by atoms with Crippen molar-refractivity contribution in [2.24, 2.45) is 17.8 Å². The summed E-state index contributed by atoms with van der Waals surface area (Å²) in [5.74, 6) is 2.43. The molecule has 4 aliphatic carbocycles. The SMILES string of the molecule is O=C(NC12CC3CC(CC(C3)C1)C2)c1cn(-c2ccc(F)cc2F)c2nc(N3CCSC3)ccc2c1=O. The van der Waals surface area contributed by atoms with Crippen LogP contribution >= 0.6 is 11.8 Å². The van der Waals surface area contributed by atoms with Gasteiger partial charge in [-0.15, -0.1) is 11.8 Å². The molecular weight excluding hydrogens is 494 g/mol. The standard InChI is InChI=1S/C28H28F2N4O2S/c29-19-1-3-23(22(30)10-19)34-14-21(25(35)20-2-4-24(31-26(20)34)33-5-6-37-15-33)27(36)32-28-11-16-7-17(12-28)9-18(8-16)13-28/h1-4,10,14,16-18H,5-9,11-13,15H2,(H,32,36). The predicted octanol–water partition coefficient (Wildman–Crippen LogP) is 4.87. The number of nitrogens with one attached hydrogen (secondary N) is 1. The molecule has 1 amide bonds. The van der Waals surface area contributed by atoms with E-state index in [9.17, 15) is 14.0 Å². The lowest BCUT2D eigenvalue weighted by atomic mass is 9.53. The van der Waals surface area contributed by atoms with E-state index in [4.69, 9.17) is 4.98 Å². The molecule has 4 bridgehead atoms. The molecule has 1 aliphatic heterocycles. The molecule has 2 aromatic heterocycles. The normalized spacial score (nSPS) is 28.3. The number of anilines is 1. The third-order valence-corrected chi connectivity index (χ3v) is 9.71. The van der Waals surface area contributed by atoms with Crippen LogP contribution in [0.2, 0.25) is 0 Å². The number of thioether (sulfide) groups is 1. The lowest BCUT2D eigenvalue weighted by molar-refractivity contribution is -0.0167. The van der Waals surface area contributed by atoms with E-state index < -0.39 is 23.0 Å². The number of benzene rings is 1. The van der Waals surface area contributed by atoms with Gasteiger partial charge in [0, 0.05) is 30.1 Å². The zero-order valence-corrected chi connectivity index (χ0v) is 21.2. The zero-order valence-electron chi connectivity index (χ0n) is 20.4. The number of nitrogens with zero attached hydrogens (tertiary/aromatic N) is 3. The highest BCUT2D eigenvalue weighted by molar-refractivity contribution is 7.99. The van der Waals surface area contributed by atoms with Crippen molar-refractivity contribution in [2.45, 2.75) is 44.1 Å². The molecule has 3 heterocycles. The second-order valence-corrected chi connectivity index (χ2v) is 12.4. The van der Waals surface area contributed by atoms with E-state index >= 15 is 4.39 Å². The van der Waals surface area contributed by atoms with Gasteiger partial charge in [0.2, 0.25) is 5.43 Å². The van der Waals surface area contributed by atoms with Crippen LogP contribution in [0.5, 0.6) is 0 Å². The van der Waals surface area contributed by atoms with Gasteiger partial charge in [0.1, 0.15) is 23.0 Å². The van der Waals surface area contributed by atoms with Gasteiger partial charge in [0.15, 0.2) is 5.65 Å². The average Bonchev–Trinajstić information content (AvgIpc) is 3.38. The van der Waals surface area contributed by atoms with Crippen LogP contribution in [0, 0.1) is 29.4 Å². The zero-order chi connectivity index (χ0) is 25.3. The van der Waals surface area contributed by atoms with Crippen molar-refractivity contribution < 1.29 is 13.6 Å². The van der Waals surface area contributed by atoms with Crippen molar-refractivity contribution in [3.8, 4) is 5.69 Å².